The molecule has 5 nitrogen and oxygen atoms in total. The molecular weight excluding hydrogens is 443 g/mol. The van der Waals surface area contributed by atoms with E-state index in [0.29, 0.717) is 34.1 Å². The molecule has 1 heterocycles. The summed E-state index contributed by atoms with van der Waals surface area (Å²) in [6, 6.07) is 15.9. The van der Waals surface area contributed by atoms with Crippen LogP contribution in [0.25, 0.3) is 10.9 Å². The van der Waals surface area contributed by atoms with E-state index in [-0.39, 0.29) is 5.91 Å². The first-order valence-corrected chi connectivity index (χ1v) is 11.7. The maximum atomic E-state index is 12.5. The molecular formula is C25H28Cl2N4O. The van der Waals surface area contributed by atoms with Gasteiger partial charge in [0.25, 0.3) is 5.91 Å². The molecule has 0 bridgehead atoms. The average Bonchev–Trinajstić information content (AvgIpc) is 2.79. The largest absolute Gasteiger partial charge is 0.377 e. The number of nitrogens with one attached hydrogen (secondary N) is 2. The van der Waals surface area contributed by atoms with Gasteiger partial charge in [0, 0.05) is 43.8 Å². The molecule has 32 heavy (non-hydrogen) atoms. The molecule has 1 fully saturated rings. The van der Waals surface area contributed by atoms with Crippen molar-refractivity contribution in [1.29, 1.82) is 0 Å². The van der Waals surface area contributed by atoms with E-state index >= 15 is 0 Å². The smallest absolute Gasteiger partial charge is 0.252 e. The Labute approximate surface area is 199 Å². The Kier molecular flexibility index (Phi) is 7.07. The van der Waals surface area contributed by atoms with Crippen LogP contribution in [0.1, 0.15) is 36.0 Å². The van der Waals surface area contributed by atoms with Crippen LogP contribution in [0.3, 0.4) is 0 Å². The van der Waals surface area contributed by atoms with E-state index in [1.807, 2.05) is 12.1 Å². The van der Waals surface area contributed by atoms with Crippen LogP contribution in [-0.4, -0.2) is 37.6 Å². The number of aromatic nitrogens is 1. The molecule has 1 saturated carbocycles. The molecule has 1 aliphatic rings. The van der Waals surface area contributed by atoms with E-state index in [1.54, 1.807) is 18.2 Å². The van der Waals surface area contributed by atoms with Crippen LogP contribution in [0.2, 0.25) is 10.0 Å². The number of nitrogens with zero attached hydrogens (tertiary/aromatic N) is 2. The van der Waals surface area contributed by atoms with Gasteiger partial charge in [0.2, 0.25) is 0 Å². The predicted octanol–water partition coefficient (Wildman–Crippen LogP) is 6.01. The van der Waals surface area contributed by atoms with Crippen molar-refractivity contribution in [2.24, 2.45) is 5.92 Å². The van der Waals surface area contributed by atoms with Crippen LogP contribution >= 0.6 is 23.2 Å². The van der Waals surface area contributed by atoms with Gasteiger partial charge in [-0.1, -0.05) is 47.5 Å². The zero-order valence-electron chi connectivity index (χ0n) is 18.4. The quantitative estimate of drug-likeness (QED) is 0.463. The number of carbonyl (C=O) groups excluding carboxylic acids is 1. The van der Waals surface area contributed by atoms with Gasteiger partial charge in [0.15, 0.2) is 0 Å². The normalized spacial score (nSPS) is 18.4. The Morgan fingerprint density at radius 2 is 1.81 bits per heavy atom. The van der Waals surface area contributed by atoms with Crippen molar-refractivity contribution in [3.8, 4) is 0 Å². The van der Waals surface area contributed by atoms with Crippen LogP contribution in [-0.2, 0) is 0 Å². The molecule has 1 aromatic heterocycles. The molecule has 0 spiro atoms. The van der Waals surface area contributed by atoms with Crippen LogP contribution in [0.15, 0.2) is 48.5 Å². The first-order chi connectivity index (χ1) is 15.4. The number of hydrogen-bond donors (Lipinski definition) is 2. The summed E-state index contributed by atoms with van der Waals surface area (Å²) in [5.41, 5.74) is 2.58. The zero-order valence-corrected chi connectivity index (χ0v) is 19.9. The fourth-order valence-electron chi connectivity index (χ4n) is 4.33. The molecule has 7 heteroatoms. The van der Waals surface area contributed by atoms with Crippen molar-refractivity contribution in [2.45, 2.75) is 31.7 Å². The molecule has 1 amide bonds. The minimum absolute atomic E-state index is 0.172. The third kappa shape index (κ3) is 5.11. The minimum Gasteiger partial charge on any atom is -0.377 e. The zero-order chi connectivity index (χ0) is 22.7. The SMILES string of the molecule is CN(C)c1cc(NC2CCC(CNC(=O)c3cccc(Cl)c3Cl)CC2)nc2ccccc12. The lowest BCUT2D eigenvalue weighted by molar-refractivity contribution is 0.0943. The lowest BCUT2D eigenvalue weighted by atomic mass is 9.86. The number of anilines is 2. The fourth-order valence-corrected chi connectivity index (χ4v) is 4.72. The average molecular weight is 471 g/mol. The number of carbonyl (C=O) groups is 1. The van der Waals surface area contributed by atoms with Crippen molar-refractivity contribution in [3.05, 3.63) is 64.1 Å². The van der Waals surface area contributed by atoms with Crippen LogP contribution in [0.5, 0.6) is 0 Å². The second-order valence-electron chi connectivity index (χ2n) is 8.61. The van der Waals surface area contributed by atoms with E-state index in [1.165, 1.54) is 0 Å². The first-order valence-electron chi connectivity index (χ1n) is 11.0. The molecule has 4 rings (SSSR count). The summed E-state index contributed by atoms with van der Waals surface area (Å²) in [6.45, 7) is 0.646. The summed E-state index contributed by atoms with van der Waals surface area (Å²) in [5, 5.41) is 8.51. The standard InChI is InChI=1S/C25H28Cl2N4O/c1-31(2)22-14-23(30-21-9-4-3-6-18(21)22)29-17-12-10-16(11-13-17)15-28-25(32)19-7-5-8-20(26)24(19)27/h3-9,14,16-17H,10-13,15H2,1-2H3,(H,28,32)(H,29,30). The van der Waals surface area contributed by atoms with Crippen molar-refractivity contribution in [1.82, 2.24) is 10.3 Å². The Morgan fingerprint density at radius 3 is 2.56 bits per heavy atom. The number of fused-ring (bicyclic) bond motifs is 1. The molecule has 0 saturated heterocycles. The highest BCUT2D eigenvalue weighted by Gasteiger charge is 2.23. The maximum absolute atomic E-state index is 12.5. The van der Waals surface area contributed by atoms with Gasteiger partial charge < -0.3 is 15.5 Å². The van der Waals surface area contributed by atoms with Crippen LogP contribution < -0.4 is 15.5 Å². The van der Waals surface area contributed by atoms with E-state index < -0.39 is 0 Å². The number of rotatable bonds is 6. The Balaban J connectivity index is 1.32. The second kappa shape index (κ2) is 9.97. The van der Waals surface area contributed by atoms with E-state index in [2.05, 4.69) is 47.8 Å². The Bertz CT molecular complexity index is 1110. The number of halogens is 2. The molecule has 3 aromatic rings. The summed E-state index contributed by atoms with van der Waals surface area (Å²) in [7, 11) is 4.11. The highest BCUT2D eigenvalue weighted by atomic mass is 35.5. The molecule has 2 aromatic carbocycles. The van der Waals surface area contributed by atoms with Gasteiger partial charge in [-0.2, -0.15) is 0 Å². The highest BCUT2D eigenvalue weighted by Crippen LogP contribution is 2.31. The van der Waals surface area contributed by atoms with Gasteiger partial charge in [-0.05, 0) is 49.8 Å². The lowest BCUT2D eigenvalue weighted by Crippen LogP contribution is -2.34. The van der Waals surface area contributed by atoms with Gasteiger partial charge in [0.1, 0.15) is 5.82 Å². The maximum Gasteiger partial charge on any atom is 0.252 e. The number of hydrogen-bond acceptors (Lipinski definition) is 4. The van der Waals surface area contributed by atoms with E-state index in [4.69, 9.17) is 28.2 Å². The van der Waals surface area contributed by atoms with Crippen molar-refractivity contribution >= 4 is 51.5 Å². The van der Waals surface area contributed by atoms with Crippen molar-refractivity contribution in [3.63, 3.8) is 0 Å². The topological polar surface area (TPSA) is 57.3 Å². The highest BCUT2D eigenvalue weighted by molar-refractivity contribution is 6.43. The summed E-state index contributed by atoms with van der Waals surface area (Å²) < 4.78 is 0. The summed E-state index contributed by atoms with van der Waals surface area (Å²) in [4.78, 5) is 19.4. The van der Waals surface area contributed by atoms with E-state index in [9.17, 15) is 4.79 Å². The number of amides is 1. The molecule has 0 atom stereocenters. The van der Waals surface area contributed by atoms with Crippen LogP contribution in [0, 0.1) is 5.92 Å². The van der Waals surface area contributed by atoms with Crippen LogP contribution in [0.4, 0.5) is 11.5 Å². The lowest BCUT2D eigenvalue weighted by Gasteiger charge is -2.30. The van der Waals surface area contributed by atoms with Gasteiger partial charge in [-0.25, -0.2) is 4.98 Å². The van der Waals surface area contributed by atoms with E-state index in [0.717, 1.165) is 48.1 Å². The van der Waals surface area contributed by atoms with Gasteiger partial charge >= 0.3 is 0 Å². The van der Waals surface area contributed by atoms with Gasteiger partial charge in [-0.3, -0.25) is 4.79 Å². The summed E-state index contributed by atoms with van der Waals surface area (Å²) in [5.74, 6) is 1.20. The van der Waals surface area contributed by atoms with Gasteiger partial charge in [-0.15, -0.1) is 0 Å². The van der Waals surface area contributed by atoms with Crippen molar-refractivity contribution in [2.75, 3.05) is 30.9 Å². The number of pyridine rings is 1. The Morgan fingerprint density at radius 1 is 1.06 bits per heavy atom. The Hall–Kier alpha value is -2.50. The molecule has 0 aliphatic heterocycles. The molecule has 0 radical (unpaired) electrons. The third-order valence-corrected chi connectivity index (χ3v) is 6.94. The molecule has 0 unspecified atom stereocenters. The first kappa shape index (κ1) is 22.7. The monoisotopic (exact) mass is 470 g/mol. The molecule has 1 aliphatic carbocycles. The minimum atomic E-state index is -0.172. The predicted molar refractivity (Wildman–Crippen MR) is 134 cm³/mol. The molecule has 2 N–H and O–H groups in total. The second-order valence-corrected chi connectivity index (χ2v) is 9.40. The third-order valence-electron chi connectivity index (χ3n) is 6.12. The molecule has 168 valence electrons. The summed E-state index contributed by atoms with van der Waals surface area (Å²) >= 11 is 12.2. The number of para-hydroxylation sites is 1. The summed E-state index contributed by atoms with van der Waals surface area (Å²) in [6.07, 6.45) is 4.19. The van der Waals surface area contributed by atoms with Crippen molar-refractivity contribution < 1.29 is 4.79 Å². The van der Waals surface area contributed by atoms with Gasteiger partial charge in [0.05, 0.1) is 21.1 Å². The fraction of sp³-hybridized carbons (Fsp3) is 0.360. The number of benzene rings is 2.